The van der Waals surface area contributed by atoms with E-state index in [1.807, 2.05) is 0 Å². The molecule has 0 saturated carbocycles. The minimum atomic E-state index is -4.90. The van der Waals surface area contributed by atoms with Crippen molar-refractivity contribution in [1.29, 1.82) is 0 Å². The highest BCUT2D eigenvalue weighted by atomic mass is 35.5. The first-order chi connectivity index (χ1) is 17.3. The van der Waals surface area contributed by atoms with E-state index in [0.29, 0.717) is 16.9 Å². The van der Waals surface area contributed by atoms with Crippen molar-refractivity contribution in [3.8, 4) is 17.0 Å². The smallest absolute Gasteiger partial charge is 0.480 e. The van der Waals surface area contributed by atoms with Gasteiger partial charge in [0.15, 0.2) is 0 Å². The molecule has 3 aromatic rings. The predicted octanol–water partition coefficient (Wildman–Crippen LogP) is 5.38. The van der Waals surface area contributed by atoms with Crippen LogP contribution in [0.1, 0.15) is 24.4 Å². The van der Waals surface area contributed by atoms with Gasteiger partial charge in [0.05, 0.1) is 5.02 Å². The Hall–Kier alpha value is -4.26. The van der Waals surface area contributed by atoms with Crippen LogP contribution in [0.5, 0.6) is 5.75 Å². The molecule has 0 aliphatic heterocycles. The summed E-state index contributed by atoms with van der Waals surface area (Å²) in [6.07, 6.45) is -4.90. The lowest BCUT2D eigenvalue weighted by Crippen LogP contribution is -2.44. The molecule has 10 nitrogen and oxygen atoms in total. The summed E-state index contributed by atoms with van der Waals surface area (Å²) < 4.78 is 45.8. The number of hydrogen-bond donors (Lipinski definition) is 4. The molecule has 14 heteroatoms. The Labute approximate surface area is 212 Å². The van der Waals surface area contributed by atoms with E-state index >= 15 is 0 Å². The van der Waals surface area contributed by atoms with Gasteiger partial charge in [0.25, 0.3) is 5.91 Å². The fraction of sp³-hybridized carbons (Fsp3) is 0.217. The molecule has 0 radical (unpaired) electrons. The molecule has 1 atom stereocenters. The summed E-state index contributed by atoms with van der Waals surface area (Å²) in [6.45, 7) is 3.30. The maximum Gasteiger partial charge on any atom is 0.573 e. The van der Waals surface area contributed by atoms with Gasteiger partial charge in [0.1, 0.15) is 17.5 Å². The van der Waals surface area contributed by atoms with Crippen molar-refractivity contribution in [2.24, 2.45) is 5.92 Å². The van der Waals surface area contributed by atoms with Crippen molar-refractivity contribution >= 4 is 40.9 Å². The summed E-state index contributed by atoms with van der Waals surface area (Å²) in [5.74, 6) is -3.03. The van der Waals surface area contributed by atoms with Gasteiger partial charge in [-0.05, 0) is 36.2 Å². The number of carboxylic acids is 1. The number of nitrogens with one attached hydrogen (secondary N) is 3. The number of hydrogen-bond acceptors (Lipinski definition) is 6. The van der Waals surface area contributed by atoms with Crippen molar-refractivity contribution in [2.45, 2.75) is 26.3 Å². The molecule has 4 N–H and O–H groups in total. The summed E-state index contributed by atoms with van der Waals surface area (Å²) in [5, 5.41) is 20.0. The van der Waals surface area contributed by atoms with E-state index in [0.717, 1.165) is 12.1 Å². The number of carboxylic acid groups (broad SMARTS) is 1. The van der Waals surface area contributed by atoms with Crippen LogP contribution in [0.15, 0.2) is 53.1 Å². The number of benzene rings is 2. The van der Waals surface area contributed by atoms with E-state index in [9.17, 15) is 32.7 Å². The number of halogens is 4. The third kappa shape index (κ3) is 7.61. The average Bonchev–Trinajstić information content (AvgIpc) is 3.29. The van der Waals surface area contributed by atoms with Crippen LogP contribution in [0.4, 0.5) is 29.3 Å². The number of aromatic nitrogens is 1. The Bertz CT molecular complexity index is 1290. The van der Waals surface area contributed by atoms with E-state index in [1.54, 1.807) is 26.0 Å². The van der Waals surface area contributed by atoms with Gasteiger partial charge in [-0.1, -0.05) is 42.7 Å². The van der Waals surface area contributed by atoms with Crippen molar-refractivity contribution in [1.82, 2.24) is 10.5 Å². The molecule has 1 aromatic heterocycles. The number of nitrogens with zero attached hydrogens (tertiary/aromatic N) is 1. The summed E-state index contributed by atoms with van der Waals surface area (Å²) in [5.41, 5.74) is 1.34. The standard InChI is InChI=1S/C23H20ClF3N4O6/c1-11(2)19(21(33)34)30-20(32)18-10-16(31-37-18)12-3-5-13(6-4-12)28-22(35)29-14-7-8-17(15(24)9-14)36-23(25,26)27/h3-11,19H,1-2H3,(H,30,32)(H,33,34)(H2,28,29,35). The maximum atomic E-state index is 12.3. The van der Waals surface area contributed by atoms with Gasteiger partial charge in [-0.2, -0.15) is 0 Å². The van der Waals surface area contributed by atoms with Crippen LogP contribution in [-0.2, 0) is 4.79 Å². The Morgan fingerprint density at radius 3 is 2.22 bits per heavy atom. The monoisotopic (exact) mass is 540 g/mol. The number of urea groups is 1. The molecule has 0 saturated heterocycles. The summed E-state index contributed by atoms with van der Waals surface area (Å²) in [6, 6.07) is 9.07. The minimum absolute atomic E-state index is 0.129. The number of anilines is 2. The number of alkyl halides is 3. The molecule has 196 valence electrons. The van der Waals surface area contributed by atoms with Gasteiger partial charge in [0, 0.05) is 23.0 Å². The van der Waals surface area contributed by atoms with Gasteiger partial charge in [-0.25, -0.2) is 9.59 Å². The minimum Gasteiger partial charge on any atom is -0.480 e. The average molecular weight is 541 g/mol. The SMILES string of the molecule is CC(C)C(NC(=O)c1cc(-c2ccc(NC(=O)Nc3ccc(OC(F)(F)F)c(Cl)c3)cc2)no1)C(=O)O. The van der Waals surface area contributed by atoms with Crippen LogP contribution < -0.4 is 20.7 Å². The quantitative estimate of drug-likeness (QED) is 0.300. The van der Waals surface area contributed by atoms with Crippen LogP contribution >= 0.6 is 11.6 Å². The Morgan fingerprint density at radius 2 is 1.65 bits per heavy atom. The fourth-order valence-corrected chi connectivity index (χ4v) is 3.27. The van der Waals surface area contributed by atoms with Crippen LogP contribution in [0.2, 0.25) is 5.02 Å². The summed E-state index contributed by atoms with van der Waals surface area (Å²) >= 11 is 5.77. The van der Waals surface area contributed by atoms with Gasteiger partial charge >= 0.3 is 18.4 Å². The van der Waals surface area contributed by atoms with E-state index < -0.39 is 36.1 Å². The third-order valence-electron chi connectivity index (χ3n) is 4.81. The molecule has 0 aliphatic rings. The second-order valence-electron chi connectivity index (χ2n) is 7.96. The highest BCUT2D eigenvalue weighted by Crippen LogP contribution is 2.32. The Kier molecular flexibility index (Phi) is 8.28. The highest BCUT2D eigenvalue weighted by molar-refractivity contribution is 6.32. The third-order valence-corrected chi connectivity index (χ3v) is 5.10. The van der Waals surface area contributed by atoms with Crippen molar-refractivity contribution in [2.75, 3.05) is 10.6 Å². The summed E-state index contributed by atoms with van der Waals surface area (Å²) in [7, 11) is 0. The summed E-state index contributed by atoms with van der Waals surface area (Å²) in [4.78, 5) is 35.8. The van der Waals surface area contributed by atoms with Crippen LogP contribution in [0.25, 0.3) is 11.3 Å². The Balaban J connectivity index is 1.60. The number of rotatable bonds is 8. The number of aliphatic carboxylic acids is 1. The topological polar surface area (TPSA) is 143 Å². The van der Waals surface area contributed by atoms with Gasteiger partial charge in [0.2, 0.25) is 5.76 Å². The van der Waals surface area contributed by atoms with E-state index in [-0.39, 0.29) is 22.4 Å². The normalized spacial score (nSPS) is 12.1. The first-order valence-electron chi connectivity index (χ1n) is 10.6. The zero-order valence-electron chi connectivity index (χ0n) is 19.2. The Morgan fingerprint density at radius 1 is 1.03 bits per heavy atom. The zero-order chi connectivity index (χ0) is 27.3. The second-order valence-corrected chi connectivity index (χ2v) is 8.37. The van der Waals surface area contributed by atoms with Gasteiger partial charge < -0.3 is 30.3 Å². The van der Waals surface area contributed by atoms with Crippen LogP contribution in [-0.4, -0.2) is 40.6 Å². The second kappa shape index (κ2) is 11.2. The van der Waals surface area contributed by atoms with Crippen molar-refractivity contribution in [3.05, 3.63) is 59.3 Å². The lowest BCUT2D eigenvalue weighted by Gasteiger charge is -2.16. The molecule has 1 unspecified atom stereocenters. The number of amides is 3. The maximum absolute atomic E-state index is 12.3. The van der Waals surface area contributed by atoms with Crippen LogP contribution in [0, 0.1) is 5.92 Å². The molecule has 3 amide bonds. The molecule has 2 aromatic carbocycles. The molecular weight excluding hydrogens is 521 g/mol. The van der Waals surface area contributed by atoms with Gasteiger partial charge in [-0.3, -0.25) is 4.79 Å². The number of ether oxygens (including phenoxy) is 1. The molecular formula is C23H20ClF3N4O6. The van der Waals surface area contributed by atoms with E-state index in [2.05, 4.69) is 25.8 Å². The first-order valence-corrected chi connectivity index (χ1v) is 10.9. The van der Waals surface area contributed by atoms with Crippen molar-refractivity contribution in [3.63, 3.8) is 0 Å². The van der Waals surface area contributed by atoms with E-state index in [4.69, 9.17) is 16.1 Å². The predicted molar refractivity (Wildman–Crippen MR) is 126 cm³/mol. The lowest BCUT2D eigenvalue weighted by molar-refractivity contribution is -0.274. The first kappa shape index (κ1) is 27.3. The lowest BCUT2D eigenvalue weighted by atomic mass is 10.0. The van der Waals surface area contributed by atoms with Crippen molar-refractivity contribution < 1.29 is 41.9 Å². The molecule has 37 heavy (non-hydrogen) atoms. The largest absolute Gasteiger partial charge is 0.573 e. The molecule has 0 bridgehead atoms. The number of carbonyl (C=O) groups is 3. The highest BCUT2D eigenvalue weighted by Gasteiger charge is 2.32. The molecule has 0 fully saturated rings. The number of carbonyl (C=O) groups excluding carboxylic acids is 2. The van der Waals surface area contributed by atoms with E-state index in [1.165, 1.54) is 24.3 Å². The fourth-order valence-electron chi connectivity index (χ4n) is 3.05. The molecule has 3 rings (SSSR count). The van der Waals surface area contributed by atoms with Gasteiger partial charge in [-0.15, -0.1) is 13.2 Å². The molecule has 1 heterocycles. The molecule has 0 spiro atoms. The zero-order valence-corrected chi connectivity index (χ0v) is 20.0. The molecule has 0 aliphatic carbocycles. The van der Waals surface area contributed by atoms with Crippen LogP contribution in [0.3, 0.4) is 0 Å².